The summed E-state index contributed by atoms with van der Waals surface area (Å²) in [7, 11) is 0. The molecule has 7 rings (SSSR count). The number of hydrogen-bond acceptors (Lipinski definition) is 7. The number of fused-ring (bicyclic) bond motifs is 3. The average Bonchev–Trinajstić information content (AvgIpc) is 3.41. The van der Waals surface area contributed by atoms with E-state index in [1.807, 2.05) is 60.7 Å². The zero-order chi connectivity index (χ0) is 32.9. The van der Waals surface area contributed by atoms with Gasteiger partial charge in [-0.05, 0) is 67.9 Å². The number of allylic oxidation sites excluding steroid dienone is 2. The molecule has 0 radical (unpaired) electrons. The van der Waals surface area contributed by atoms with Crippen LogP contribution in [0.25, 0.3) is 10.2 Å². The monoisotopic (exact) mass is 663 g/mol. The predicted octanol–water partition coefficient (Wildman–Crippen LogP) is 7.10. The predicted molar refractivity (Wildman–Crippen MR) is 185 cm³/mol. The van der Waals surface area contributed by atoms with Crippen molar-refractivity contribution in [2.75, 3.05) is 6.54 Å². The first-order chi connectivity index (χ1) is 23.5. The fourth-order valence-corrected chi connectivity index (χ4v) is 8.15. The van der Waals surface area contributed by atoms with Gasteiger partial charge in [0, 0.05) is 18.8 Å². The summed E-state index contributed by atoms with van der Waals surface area (Å²) in [5.74, 6) is -0.243. The van der Waals surface area contributed by atoms with Gasteiger partial charge >= 0.3 is 0 Å². The van der Waals surface area contributed by atoms with Gasteiger partial charge in [0.25, 0.3) is 11.1 Å². The van der Waals surface area contributed by atoms with E-state index < -0.39 is 11.5 Å². The van der Waals surface area contributed by atoms with Crippen LogP contribution >= 0.6 is 11.3 Å². The van der Waals surface area contributed by atoms with Gasteiger partial charge in [0.1, 0.15) is 6.10 Å². The number of nitrogens with zero attached hydrogens (tertiary/aromatic N) is 2. The number of Topliss-reactive ketones (excluding diaryl/α,β-unsaturated/α-hetero) is 1. The quantitative estimate of drug-likeness (QED) is 0.167. The van der Waals surface area contributed by atoms with Crippen LogP contribution in [0, 0.1) is 17.3 Å². The summed E-state index contributed by atoms with van der Waals surface area (Å²) in [6.07, 6.45) is 10.0. The smallest absolute Gasteiger partial charge is 0.274 e. The first-order valence-corrected chi connectivity index (χ1v) is 17.9. The summed E-state index contributed by atoms with van der Waals surface area (Å²) in [6, 6.07) is 26.4. The number of carbonyl (C=O) groups is 3. The van der Waals surface area contributed by atoms with Gasteiger partial charge in [-0.2, -0.15) is 5.48 Å². The van der Waals surface area contributed by atoms with E-state index in [4.69, 9.17) is 9.57 Å². The molecule has 2 fully saturated rings. The summed E-state index contributed by atoms with van der Waals surface area (Å²) >= 11 is 1.47. The number of thiazole rings is 1. The Kier molecular flexibility index (Phi) is 9.57. The van der Waals surface area contributed by atoms with Crippen LogP contribution in [-0.2, 0) is 20.8 Å². The summed E-state index contributed by atoms with van der Waals surface area (Å²) in [5, 5.41) is 0.533. The number of aromatic nitrogens is 1. The number of carbonyl (C=O) groups excluding carboxylic acids is 3. The zero-order valence-corrected chi connectivity index (χ0v) is 27.8. The molecule has 1 saturated heterocycles. The number of hydroxylamine groups is 1. The lowest BCUT2D eigenvalue weighted by Crippen LogP contribution is -2.46. The highest BCUT2D eigenvalue weighted by molar-refractivity contribution is 7.20. The summed E-state index contributed by atoms with van der Waals surface area (Å²) in [6.45, 7) is 0.302. The minimum absolute atomic E-state index is 0.0149. The van der Waals surface area contributed by atoms with E-state index in [2.05, 4.69) is 34.7 Å². The van der Waals surface area contributed by atoms with Crippen LogP contribution in [-0.4, -0.2) is 46.2 Å². The first-order valence-electron chi connectivity index (χ1n) is 17.1. The Morgan fingerprint density at radius 1 is 0.958 bits per heavy atom. The Balaban J connectivity index is 1.16. The van der Waals surface area contributed by atoms with E-state index in [1.54, 1.807) is 17.0 Å². The Labute approximate surface area is 285 Å². The molecule has 4 aromatic rings. The molecule has 0 unspecified atom stereocenters. The third kappa shape index (κ3) is 7.16. The van der Waals surface area contributed by atoms with Crippen LogP contribution in [0.1, 0.15) is 56.9 Å². The second-order valence-corrected chi connectivity index (χ2v) is 14.3. The Hall–Kier alpha value is -4.50. The van der Waals surface area contributed by atoms with Crippen LogP contribution in [0.15, 0.2) is 97.1 Å². The fourth-order valence-electron chi connectivity index (χ4n) is 7.27. The van der Waals surface area contributed by atoms with Crippen molar-refractivity contribution in [3.63, 3.8) is 0 Å². The molecule has 1 saturated carbocycles. The van der Waals surface area contributed by atoms with Crippen LogP contribution in [0.3, 0.4) is 0 Å². The van der Waals surface area contributed by atoms with Gasteiger partial charge in [-0.15, -0.1) is 0 Å². The number of ether oxygens (including phenoxy) is 1. The van der Waals surface area contributed by atoms with Crippen molar-refractivity contribution < 1.29 is 24.0 Å². The largest absolute Gasteiger partial charge is 0.465 e. The third-order valence-electron chi connectivity index (χ3n) is 10.0. The van der Waals surface area contributed by atoms with E-state index in [0.29, 0.717) is 36.8 Å². The van der Waals surface area contributed by atoms with Gasteiger partial charge in [-0.1, -0.05) is 97.0 Å². The molecule has 2 amide bonds. The maximum atomic E-state index is 14.5. The molecule has 0 spiro atoms. The molecule has 3 aromatic carbocycles. The van der Waals surface area contributed by atoms with Crippen molar-refractivity contribution in [3.8, 4) is 10.9 Å². The molecule has 0 bridgehead atoms. The molecule has 1 aromatic heterocycles. The van der Waals surface area contributed by atoms with Gasteiger partial charge < -0.3 is 14.5 Å². The van der Waals surface area contributed by atoms with E-state index >= 15 is 0 Å². The highest BCUT2D eigenvalue weighted by Gasteiger charge is 2.61. The summed E-state index contributed by atoms with van der Waals surface area (Å²) in [4.78, 5) is 54.7. The first kappa shape index (κ1) is 32.1. The number of para-hydroxylation sites is 2. The lowest BCUT2D eigenvalue weighted by Gasteiger charge is -2.29. The highest BCUT2D eigenvalue weighted by atomic mass is 32.1. The number of benzene rings is 3. The SMILES string of the molecule is O=C1C[C@]2(C(=O)NOc3ccccc3)C[C@H]2/C=C\CCCCC[C@H](Cc2ccccc2)C(=O)N2C[C@H](Oc3nc4ccccc4s3)C[C@@H]12. The molecule has 2 aliphatic heterocycles. The zero-order valence-electron chi connectivity index (χ0n) is 27.0. The third-order valence-corrected chi connectivity index (χ3v) is 10.9. The average molecular weight is 664 g/mol. The summed E-state index contributed by atoms with van der Waals surface area (Å²) in [5.41, 5.74) is 3.68. The van der Waals surface area contributed by atoms with Gasteiger partial charge in [0.05, 0.1) is 28.2 Å². The molecule has 8 nitrogen and oxygen atoms in total. The van der Waals surface area contributed by atoms with Crippen LogP contribution < -0.4 is 15.1 Å². The normalized spacial score (nSPS) is 26.9. The topological polar surface area (TPSA) is 97.8 Å². The van der Waals surface area contributed by atoms with Crippen LogP contribution in [0.4, 0.5) is 0 Å². The molecular weight excluding hydrogens is 623 g/mol. The second-order valence-electron chi connectivity index (χ2n) is 13.3. The molecule has 48 heavy (non-hydrogen) atoms. The van der Waals surface area contributed by atoms with E-state index in [1.165, 1.54) is 11.3 Å². The number of hydrogen-bond donors (Lipinski definition) is 1. The van der Waals surface area contributed by atoms with Crippen molar-refractivity contribution in [1.29, 1.82) is 0 Å². The minimum Gasteiger partial charge on any atom is -0.465 e. The number of nitrogens with one attached hydrogen (secondary N) is 1. The van der Waals surface area contributed by atoms with Gasteiger partial charge in [-0.3, -0.25) is 14.4 Å². The Bertz CT molecular complexity index is 1740. The molecule has 1 aliphatic carbocycles. The maximum Gasteiger partial charge on any atom is 0.274 e. The summed E-state index contributed by atoms with van der Waals surface area (Å²) < 4.78 is 7.42. The highest BCUT2D eigenvalue weighted by Crippen LogP contribution is 2.57. The standard InChI is InChI=1S/C39H41N3O5S/c43-34-25-39(37(45)41-47-30-18-10-5-11-19-30)24-29(39)17-9-3-1-2-8-16-28(22-27-14-6-4-7-15-27)36(44)42-26-31(23-33(34)42)46-38-40-32-20-12-13-21-35(32)48-38/h4-7,9-15,17-21,28-29,31,33H,1-3,8,16,22-26H2,(H,41,45)/b17-9-/t28-,29-,31-,33+,39-/m1/s1. The van der Waals surface area contributed by atoms with Crippen molar-refractivity contribution in [2.24, 2.45) is 17.3 Å². The minimum atomic E-state index is -0.924. The van der Waals surface area contributed by atoms with Gasteiger partial charge in [0.2, 0.25) is 5.91 Å². The van der Waals surface area contributed by atoms with Crippen molar-refractivity contribution in [1.82, 2.24) is 15.4 Å². The van der Waals surface area contributed by atoms with E-state index in [0.717, 1.165) is 47.9 Å². The van der Waals surface area contributed by atoms with Crippen molar-refractivity contribution in [2.45, 2.75) is 69.9 Å². The Morgan fingerprint density at radius 3 is 2.54 bits per heavy atom. The number of rotatable bonds is 7. The Morgan fingerprint density at radius 2 is 1.73 bits per heavy atom. The fraction of sp³-hybridized carbons (Fsp3) is 0.385. The maximum absolute atomic E-state index is 14.5. The molecule has 9 heteroatoms. The second kappa shape index (κ2) is 14.3. The van der Waals surface area contributed by atoms with Gasteiger partial charge in [-0.25, -0.2) is 4.98 Å². The van der Waals surface area contributed by atoms with E-state index in [9.17, 15) is 14.4 Å². The lowest BCUT2D eigenvalue weighted by molar-refractivity contribution is -0.143. The van der Waals surface area contributed by atoms with E-state index in [-0.39, 0.29) is 42.0 Å². The van der Waals surface area contributed by atoms with Crippen LogP contribution in [0.5, 0.6) is 10.9 Å². The van der Waals surface area contributed by atoms with Crippen molar-refractivity contribution in [3.05, 3.63) is 103 Å². The van der Waals surface area contributed by atoms with Crippen LogP contribution in [0.2, 0.25) is 0 Å². The molecular formula is C39H41N3O5S. The molecule has 1 N–H and O–H groups in total. The molecule has 3 heterocycles. The molecule has 3 aliphatic rings. The number of ketones is 1. The lowest BCUT2D eigenvalue weighted by atomic mass is 9.90. The van der Waals surface area contributed by atoms with Gasteiger partial charge in [0.15, 0.2) is 11.5 Å². The number of amides is 2. The molecule has 248 valence electrons. The molecule has 5 atom stereocenters. The van der Waals surface area contributed by atoms with Crippen molar-refractivity contribution >= 4 is 39.2 Å².